The molecule has 2 aliphatic heterocycles. The van der Waals surface area contributed by atoms with Crippen LogP contribution in [0.15, 0.2) is 0 Å². The molecule has 3 saturated carbocycles. The fourth-order valence-electron chi connectivity index (χ4n) is 8.12. The molecule has 0 aromatic heterocycles. The van der Waals surface area contributed by atoms with Crippen molar-refractivity contribution in [2.24, 2.45) is 23.7 Å². The van der Waals surface area contributed by atoms with Crippen molar-refractivity contribution >= 4 is 47.1 Å². The van der Waals surface area contributed by atoms with E-state index in [0.29, 0.717) is 0 Å². The summed E-state index contributed by atoms with van der Waals surface area (Å²) in [6.45, 7) is 0. The predicted octanol–water partition coefficient (Wildman–Crippen LogP) is 0.143. The molecule has 0 unspecified atom stereocenters. The summed E-state index contributed by atoms with van der Waals surface area (Å²) < 4.78 is 44.1. The Hall–Kier alpha value is -1.70. The topological polar surface area (TPSA) is 142 Å². The Balaban J connectivity index is 1.76. The first-order valence-corrected chi connectivity index (χ1v) is 11.9. The minimum atomic E-state index is -2.13. The van der Waals surface area contributed by atoms with Gasteiger partial charge in [-0.1, -0.05) is 0 Å². The lowest BCUT2D eigenvalue weighted by molar-refractivity contribution is -0.275. The summed E-state index contributed by atoms with van der Waals surface area (Å²) >= 11 is 14.1. The molecule has 0 amide bonds. The van der Waals surface area contributed by atoms with Gasteiger partial charge in [0.25, 0.3) is 22.8 Å². The van der Waals surface area contributed by atoms with Crippen LogP contribution in [0, 0.1) is 23.7 Å². The van der Waals surface area contributed by atoms with Gasteiger partial charge in [-0.3, -0.25) is 0 Å². The van der Waals surface area contributed by atoms with Gasteiger partial charge in [0.05, 0.1) is 14.2 Å². The summed E-state index contributed by atoms with van der Waals surface area (Å²) in [5.74, 6) is -11.5. The molecule has 12 nitrogen and oxygen atoms in total. The predicted molar refractivity (Wildman–Crippen MR) is 116 cm³/mol. The first-order chi connectivity index (χ1) is 16.9. The molecule has 0 aromatic rings. The number of carbonyl (C=O) groups is 4. The lowest BCUT2D eigenvalue weighted by Gasteiger charge is -2.48. The number of fused-ring (bicyclic) bond motifs is 10. The van der Waals surface area contributed by atoms with Crippen molar-refractivity contribution in [1.29, 1.82) is 0 Å². The highest BCUT2D eigenvalue weighted by Gasteiger charge is 2.97. The number of halogens is 2. The summed E-state index contributed by atoms with van der Waals surface area (Å²) in [5, 5.41) is 0. The molecule has 0 spiro atoms. The molecule has 4 bridgehead atoms. The Morgan fingerprint density at radius 1 is 0.667 bits per heavy atom. The first-order valence-electron chi connectivity index (χ1n) is 11.1. The molecule has 5 rings (SSSR count). The minimum absolute atomic E-state index is 0.0491. The van der Waals surface area contributed by atoms with Crippen LogP contribution in [0.2, 0.25) is 0 Å². The third-order valence-corrected chi connectivity index (χ3v) is 10.6. The van der Waals surface area contributed by atoms with Crippen LogP contribution in [-0.2, 0) is 57.1 Å². The third kappa shape index (κ3) is 2.05. The number of hydrogen-bond donors (Lipinski definition) is 0. The highest BCUT2D eigenvalue weighted by molar-refractivity contribution is 6.38. The van der Waals surface area contributed by atoms with Gasteiger partial charge in [0.2, 0.25) is 9.75 Å². The van der Waals surface area contributed by atoms with Crippen molar-refractivity contribution in [2.45, 2.75) is 45.4 Å². The number of hydrogen-bond acceptors (Lipinski definition) is 12. The monoisotopic (exact) mass is 552 g/mol. The Bertz CT molecular complexity index is 976. The lowest BCUT2D eigenvalue weighted by Crippen LogP contribution is -2.64. The van der Waals surface area contributed by atoms with Crippen LogP contribution in [0.1, 0.15) is 12.8 Å². The molecule has 0 aromatic carbocycles. The molecular weight excluding hydrogens is 527 g/mol. The van der Waals surface area contributed by atoms with Crippen molar-refractivity contribution in [2.75, 3.05) is 42.7 Å². The van der Waals surface area contributed by atoms with Crippen molar-refractivity contribution in [3.8, 4) is 0 Å². The zero-order valence-corrected chi connectivity index (χ0v) is 21.9. The minimum Gasteiger partial charge on any atom is -0.466 e. The molecule has 5 aliphatic rings. The van der Waals surface area contributed by atoms with Gasteiger partial charge in [0.1, 0.15) is 0 Å². The summed E-state index contributed by atoms with van der Waals surface area (Å²) in [6.07, 6.45) is -0.0983. The molecule has 3 aliphatic carbocycles. The van der Waals surface area contributed by atoms with Crippen molar-refractivity contribution in [3.63, 3.8) is 0 Å². The lowest BCUT2D eigenvalue weighted by atomic mass is 9.61. The summed E-state index contributed by atoms with van der Waals surface area (Å²) in [6, 6.07) is 0. The largest absolute Gasteiger partial charge is 0.466 e. The molecule has 2 heterocycles. The number of esters is 4. The zero-order chi connectivity index (χ0) is 26.7. The van der Waals surface area contributed by atoms with E-state index in [9.17, 15) is 19.2 Å². The second kappa shape index (κ2) is 7.45. The Morgan fingerprint density at radius 2 is 0.972 bits per heavy atom. The fraction of sp³-hybridized carbons (Fsp3) is 0.818. The highest BCUT2D eigenvalue weighted by Crippen LogP contribution is 2.77. The van der Waals surface area contributed by atoms with Crippen LogP contribution in [0.5, 0.6) is 0 Å². The molecule has 8 atom stereocenters. The maximum absolute atomic E-state index is 13.4. The SMILES string of the molecule is COC(=O)[C@@]12OC(=O)[C@@](Cl)([C@H]3C[C@@H]4[C@H](C[C@H]31)[C@]1(Cl)C(=O)O[C@@]4(C(=O)OC)C1(OC)OC)C2(OC)OC. The fourth-order valence-corrected chi connectivity index (χ4v) is 9.27. The van der Waals surface area contributed by atoms with E-state index in [4.69, 9.17) is 61.1 Å². The molecule has 200 valence electrons. The summed E-state index contributed by atoms with van der Waals surface area (Å²) in [4.78, 5) is 49.2. The van der Waals surface area contributed by atoms with Gasteiger partial charge in [-0.25, -0.2) is 19.2 Å². The number of ether oxygens (including phenoxy) is 8. The van der Waals surface area contributed by atoms with Crippen LogP contribution in [0.25, 0.3) is 0 Å². The number of methoxy groups -OCH3 is 6. The van der Waals surface area contributed by atoms with Crippen LogP contribution < -0.4 is 0 Å². The average molecular weight is 553 g/mol. The van der Waals surface area contributed by atoms with E-state index in [1.165, 1.54) is 28.4 Å². The molecule has 14 heteroatoms. The van der Waals surface area contributed by atoms with Crippen LogP contribution >= 0.6 is 23.2 Å². The van der Waals surface area contributed by atoms with Crippen molar-refractivity contribution < 1.29 is 57.1 Å². The van der Waals surface area contributed by atoms with E-state index in [2.05, 4.69) is 0 Å². The van der Waals surface area contributed by atoms with Gasteiger partial charge in [-0.15, -0.1) is 23.2 Å². The van der Waals surface area contributed by atoms with Gasteiger partial charge in [-0.2, -0.15) is 0 Å². The highest BCUT2D eigenvalue weighted by atomic mass is 35.5. The molecule has 5 fully saturated rings. The zero-order valence-electron chi connectivity index (χ0n) is 20.4. The quantitative estimate of drug-likeness (QED) is 0.191. The van der Waals surface area contributed by atoms with Crippen LogP contribution in [0.4, 0.5) is 0 Å². The molecular formula is C22H26Cl2O12. The first kappa shape index (κ1) is 25.9. The average Bonchev–Trinajstić information content (AvgIpc) is 3.38. The maximum atomic E-state index is 13.4. The van der Waals surface area contributed by atoms with E-state index in [1.54, 1.807) is 0 Å². The summed E-state index contributed by atoms with van der Waals surface area (Å²) in [5.41, 5.74) is -4.25. The Morgan fingerprint density at radius 3 is 1.22 bits per heavy atom. The number of carbonyl (C=O) groups excluding carboxylic acids is 4. The van der Waals surface area contributed by atoms with E-state index < -0.39 is 80.1 Å². The van der Waals surface area contributed by atoms with Gasteiger partial charge in [0, 0.05) is 52.1 Å². The normalized spacial score (nSPS) is 46.6. The third-order valence-electron chi connectivity index (χ3n) is 9.22. The van der Waals surface area contributed by atoms with Crippen molar-refractivity contribution in [1.82, 2.24) is 0 Å². The smallest absolute Gasteiger partial charge is 0.356 e. The Labute approximate surface area is 216 Å². The van der Waals surface area contributed by atoms with Gasteiger partial charge >= 0.3 is 23.9 Å². The second-order valence-electron chi connectivity index (χ2n) is 9.60. The Kier molecular flexibility index (Phi) is 5.36. The molecule has 0 N–H and O–H groups in total. The van der Waals surface area contributed by atoms with Gasteiger partial charge in [0.15, 0.2) is 0 Å². The molecule has 36 heavy (non-hydrogen) atoms. The van der Waals surface area contributed by atoms with E-state index >= 15 is 0 Å². The molecule has 0 radical (unpaired) electrons. The van der Waals surface area contributed by atoms with Crippen molar-refractivity contribution in [3.05, 3.63) is 0 Å². The second-order valence-corrected chi connectivity index (χ2v) is 10.8. The van der Waals surface area contributed by atoms with Gasteiger partial charge in [-0.05, 0) is 12.8 Å². The van der Waals surface area contributed by atoms with E-state index in [0.717, 1.165) is 14.2 Å². The summed E-state index contributed by atoms with van der Waals surface area (Å²) in [7, 11) is 7.17. The molecule has 2 saturated heterocycles. The van der Waals surface area contributed by atoms with E-state index in [-0.39, 0.29) is 12.8 Å². The standard InChI is InChI=1S/C22H26Cl2O12/c1-29-15(27)19-11-7-10-12(8-9(11)17(23,13(25)35-19)21(19,31-3)32-4)20(16(28)30-2)22(33-5,34-6)18(10,24)14(26)36-20/h9-12H,7-8H2,1-6H3/t9-,10-,11+,12+,17-,18-,19-,20-/m0/s1. The van der Waals surface area contributed by atoms with Crippen LogP contribution in [0.3, 0.4) is 0 Å². The van der Waals surface area contributed by atoms with Gasteiger partial charge < -0.3 is 37.9 Å². The van der Waals surface area contributed by atoms with E-state index in [1.807, 2.05) is 0 Å². The number of rotatable bonds is 6. The maximum Gasteiger partial charge on any atom is 0.356 e. The number of alkyl halides is 2. The van der Waals surface area contributed by atoms with Crippen LogP contribution in [-0.4, -0.2) is 99.1 Å².